The van der Waals surface area contributed by atoms with Crippen LogP contribution in [0.4, 0.5) is 5.82 Å². The Bertz CT molecular complexity index is 1100. The third-order valence-corrected chi connectivity index (χ3v) is 5.90. The zero-order chi connectivity index (χ0) is 21.9. The number of rotatable bonds is 5. The molecule has 0 saturated carbocycles. The second-order valence-electron chi connectivity index (χ2n) is 8.11. The number of hydrogen-bond acceptors (Lipinski definition) is 7. The number of benzene rings is 1. The average Bonchev–Trinajstić information content (AvgIpc) is 3.45. The molecule has 3 aromatic rings. The summed E-state index contributed by atoms with van der Waals surface area (Å²) in [5, 5.41) is 3.11. The van der Waals surface area contributed by atoms with Gasteiger partial charge in [-0.05, 0) is 37.5 Å². The summed E-state index contributed by atoms with van der Waals surface area (Å²) in [6, 6.07) is 5.46. The number of aryl methyl sites for hydroxylation is 1. The van der Waals surface area contributed by atoms with Crippen molar-refractivity contribution in [2.75, 3.05) is 18.2 Å². The minimum absolute atomic E-state index is 0.00626. The second-order valence-corrected chi connectivity index (χ2v) is 8.11. The van der Waals surface area contributed by atoms with E-state index in [1.54, 1.807) is 17.1 Å². The van der Waals surface area contributed by atoms with Crippen molar-refractivity contribution in [2.45, 2.75) is 45.2 Å². The van der Waals surface area contributed by atoms with Gasteiger partial charge in [-0.25, -0.2) is 9.97 Å². The van der Waals surface area contributed by atoms with Crippen LogP contribution in [0.5, 0.6) is 11.5 Å². The summed E-state index contributed by atoms with van der Waals surface area (Å²) in [4.78, 5) is 28.8. The summed E-state index contributed by atoms with van der Waals surface area (Å²) in [7, 11) is 0. The van der Waals surface area contributed by atoms with Crippen LogP contribution in [-0.2, 0) is 11.3 Å². The van der Waals surface area contributed by atoms with Gasteiger partial charge in [0.15, 0.2) is 11.5 Å². The molecule has 0 bridgehead atoms. The topological polar surface area (TPSA) is 94.4 Å². The predicted octanol–water partition coefficient (Wildman–Crippen LogP) is 2.76. The van der Waals surface area contributed by atoms with E-state index in [9.17, 15) is 4.79 Å². The quantitative estimate of drug-likeness (QED) is 0.660. The molecule has 1 amide bonds. The Hall–Kier alpha value is -3.62. The van der Waals surface area contributed by atoms with Gasteiger partial charge < -0.3 is 19.7 Å². The van der Waals surface area contributed by atoms with Crippen LogP contribution in [0.2, 0.25) is 0 Å². The lowest BCUT2D eigenvalue weighted by molar-refractivity contribution is -0.122. The van der Waals surface area contributed by atoms with Gasteiger partial charge in [-0.1, -0.05) is 18.9 Å². The highest BCUT2D eigenvalue weighted by atomic mass is 16.7. The fourth-order valence-corrected chi connectivity index (χ4v) is 4.21. The van der Waals surface area contributed by atoms with Crippen molar-refractivity contribution >= 4 is 11.7 Å². The highest BCUT2D eigenvalue weighted by Crippen LogP contribution is 2.32. The molecule has 1 N–H and O–H groups in total. The number of nitrogens with one attached hydrogen (secondary N) is 1. The Morgan fingerprint density at radius 2 is 2.12 bits per heavy atom. The lowest BCUT2D eigenvalue weighted by Crippen LogP contribution is -2.47. The second kappa shape index (κ2) is 8.86. The van der Waals surface area contributed by atoms with Crippen molar-refractivity contribution in [3.8, 4) is 17.4 Å². The summed E-state index contributed by atoms with van der Waals surface area (Å²) in [5.41, 5.74) is 1.92. The van der Waals surface area contributed by atoms with Gasteiger partial charge >= 0.3 is 0 Å². The molecule has 1 aromatic carbocycles. The summed E-state index contributed by atoms with van der Waals surface area (Å²) >= 11 is 0. The van der Waals surface area contributed by atoms with Crippen LogP contribution < -0.4 is 19.7 Å². The molecule has 1 unspecified atom stereocenters. The monoisotopic (exact) mass is 434 g/mol. The molecule has 166 valence electrons. The SMILES string of the molecule is Cc1cnc(-n2ccnc2)nc1N1CCCCCC1C(=O)NCc1ccc2c(c1)OCO2. The number of aromatic nitrogens is 4. The highest BCUT2D eigenvalue weighted by molar-refractivity contribution is 5.85. The molecule has 2 aromatic heterocycles. The molecule has 5 rings (SSSR count). The van der Waals surface area contributed by atoms with E-state index in [2.05, 4.69) is 20.2 Å². The summed E-state index contributed by atoms with van der Waals surface area (Å²) in [5.74, 6) is 2.81. The molecule has 0 aliphatic carbocycles. The summed E-state index contributed by atoms with van der Waals surface area (Å²) in [6.07, 6.45) is 10.9. The Morgan fingerprint density at radius 3 is 3.00 bits per heavy atom. The molecule has 2 aliphatic heterocycles. The number of carbonyl (C=O) groups excluding carboxylic acids is 1. The Labute approximate surface area is 186 Å². The van der Waals surface area contributed by atoms with Gasteiger partial charge in [0.1, 0.15) is 18.2 Å². The molecule has 32 heavy (non-hydrogen) atoms. The summed E-state index contributed by atoms with van der Waals surface area (Å²) < 4.78 is 12.6. The maximum Gasteiger partial charge on any atom is 0.243 e. The molecular weight excluding hydrogens is 408 g/mol. The zero-order valence-electron chi connectivity index (χ0n) is 18.0. The van der Waals surface area contributed by atoms with E-state index in [4.69, 9.17) is 14.5 Å². The molecule has 1 atom stereocenters. The number of anilines is 1. The minimum Gasteiger partial charge on any atom is -0.454 e. The van der Waals surface area contributed by atoms with E-state index in [1.807, 2.05) is 37.5 Å². The van der Waals surface area contributed by atoms with Gasteiger partial charge in [0.2, 0.25) is 18.6 Å². The van der Waals surface area contributed by atoms with Crippen molar-refractivity contribution in [2.24, 2.45) is 0 Å². The van der Waals surface area contributed by atoms with E-state index in [0.717, 1.165) is 60.7 Å². The molecule has 0 spiro atoms. The number of fused-ring (bicyclic) bond motifs is 1. The van der Waals surface area contributed by atoms with E-state index >= 15 is 0 Å². The predicted molar refractivity (Wildman–Crippen MR) is 118 cm³/mol. The van der Waals surface area contributed by atoms with Crippen LogP contribution >= 0.6 is 0 Å². The molecule has 1 fully saturated rings. The first-order valence-electron chi connectivity index (χ1n) is 10.9. The largest absolute Gasteiger partial charge is 0.454 e. The van der Waals surface area contributed by atoms with Crippen LogP contribution in [0.25, 0.3) is 5.95 Å². The Morgan fingerprint density at radius 1 is 1.22 bits per heavy atom. The number of ether oxygens (including phenoxy) is 2. The lowest BCUT2D eigenvalue weighted by Gasteiger charge is -2.31. The third-order valence-electron chi connectivity index (χ3n) is 5.90. The van der Waals surface area contributed by atoms with Crippen molar-refractivity contribution in [1.82, 2.24) is 24.8 Å². The molecule has 0 radical (unpaired) electrons. The maximum absolute atomic E-state index is 13.3. The third kappa shape index (κ3) is 4.10. The molecule has 4 heterocycles. The lowest BCUT2D eigenvalue weighted by atomic mass is 10.1. The van der Waals surface area contributed by atoms with E-state index in [0.29, 0.717) is 12.5 Å². The first-order valence-corrected chi connectivity index (χ1v) is 10.9. The minimum atomic E-state index is -0.282. The van der Waals surface area contributed by atoms with Crippen LogP contribution in [0.15, 0.2) is 43.1 Å². The van der Waals surface area contributed by atoms with Crippen LogP contribution in [-0.4, -0.2) is 44.8 Å². The van der Waals surface area contributed by atoms with Gasteiger partial charge in [0, 0.05) is 37.2 Å². The summed E-state index contributed by atoms with van der Waals surface area (Å²) in [6.45, 7) is 3.44. The zero-order valence-corrected chi connectivity index (χ0v) is 18.0. The maximum atomic E-state index is 13.3. The van der Waals surface area contributed by atoms with E-state index < -0.39 is 0 Å². The average molecular weight is 435 g/mol. The number of hydrogen-bond donors (Lipinski definition) is 1. The molecule has 9 heteroatoms. The first kappa shape index (κ1) is 20.3. The van der Waals surface area contributed by atoms with Crippen LogP contribution in [0.1, 0.15) is 36.8 Å². The fraction of sp³-hybridized carbons (Fsp3) is 0.391. The van der Waals surface area contributed by atoms with Crippen molar-refractivity contribution in [3.63, 3.8) is 0 Å². The van der Waals surface area contributed by atoms with Gasteiger partial charge in [0.05, 0.1) is 0 Å². The molecule has 2 aliphatic rings. The van der Waals surface area contributed by atoms with Crippen molar-refractivity contribution in [3.05, 3.63) is 54.2 Å². The number of nitrogens with zero attached hydrogens (tertiary/aromatic N) is 5. The molecular formula is C23H26N6O3. The van der Waals surface area contributed by atoms with E-state index in [-0.39, 0.29) is 18.7 Å². The standard InChI is InChI=1S/C23H26N6O3/c1-16-12-26-23(28-10-8-24-14-28)27-21(16)29-9-4-2-3-5-18(29)22(30)25-13-17-6-7-19-20(11-17)32-15-31-19/h6-8,10-12,14,18H,2-5,9,13,15H2,1H3,(H,25,30). The fourth-order valence-electron chi connectivity index (χ4n) is 4.21. The number of amides is 1. The Kier molecular flexibility index (Phi) is 5.62. The van der Waals surface area contributed by atoms with Crippen LogP contribution in [0, 0.1) is 6.92 Å². The number of imidazole rings is 1. The Balaban J connectivity index is 1.36. The number of carbonyl (C=O) groups is 1. The molecule has 9 nitrogen and oxygen atoms in total. The van der Waals surface area contributed by atoms with Crippen LogP contribution in [0.3, 0.4) is 0 Å². The van der Waals surface area contributed by atoms with Gasteiger partial charge in [-0.3, -0.25) is 9.36 Å². The normalized spacial score (nSPS) is 17.8. The highest BCUT2D eigenvalue weighted by Gasteiger charge is 2.30. The van der Waals surface area contributed by atoms with E-state index in [1.165, 1.54) is 0 Å². The van der Waals surface area contributed by atoms with Crippen molar-refractivity contribution < 1.29 is 14.3 Å². The smallest absolute Gasteiger partial charge is 0.243 e. The van der Waals surface area contributed by atoms with Gasteiger partial charge in [-0.2, -0.15) is 4.98 Å². The van der Waals surface area contributed by atoms with Gasteiger partial charge in [0.25, 0.3) is 0 Å². The molecule has 1 saturated heterocycles. The van der Waals surface area contributed by atoms with Crippen molar-refractivity contribution in [1.29, 1.82) is 0 Å². The first-order chi connectivity index (χ1) is 15.7. The van der Waals surface area contributed by atoms with Gasteiger partial charge in [-0.15, -0.1) is 0 Å².